The number of hydrogen-bond donors (Lipinski definition) is 2. The molecule has 32 heavy (non-hydrogen) atoms. The average molecular weight is 470 g/mol. The van der Waals surface area contributed by atoms with E-state index in [0.29, 0.717) is 33.6 Å². The maximum absolute atomic E-state index is 13.3. The van der Waals surface area contributed by atoms with Crippen molar-refractivity contribution in [2.45, 2.75) is 13.2 Å². The Morgan fingerprint density at radius 2 is 1.78 bits per heavy atom. The summed E-state index contributed by atoms with van der Waals surface area (Å²) in [4.78, 5) is 11.3. The molecule has 4 rings (SSSR count). The predicted molar refractivity (Wildman–Crippen MR) is 125 cm³/mol. The molecule has 0 saturated carbocycles. The summed E-state index contributed by atoms with van der Waals surface area (Å²) in [6.07, 6.45) is 0. The molecule has 0 aliphatic rings. The van der Waals surface area contributed by atoms with Gasteiger partial charge in [-0.25, -0.2) is 9.18 Å². The second kappa shape index (κ2) is 9.47. The van der Waals surface area contributed by atoms with E-state index in [1.165, 1.54) is 24.3 Å². The summed E-state index contributed by atoms with van der Waals surface area (Å²) in [5.74, 6) is -0.813. The van der Waals surface area contributed by atoms with E-state index in [0.717, 1.165) is 16.3 Å². The number of hydrogen-bond acceptors (Lipinski definition) is 3. The van der Waals surface area contributed by atoms with Gasteiger partial charge < -0.3 is 15.2 Å². The number of carbonyl (C=O) groups is 1. The standard InChI is InChI=1S/C25H18Cl2FNO3/c26-21-9-6-16(25(30)31)11-23(21)29-13-20-19-4-2-1-3-15(19)7-10-24(20)32-14-17-5-8-18(28)12-22(17)27/h1-12,29H,13-14H2,(H,30,31). The van der Waals surface area contributed by atoms with Crippen LogP contribution in [0.5, 0.6) is 5.75 Å². The molecule has 0 amide bonds. The minimum absolute atomic E-state index is 0.136. The number of nitrogens with one attached hydrogen (secondary N) is 1. The van der Waals surface area contributed by atoms with Gasteiger partial charge >= 0.3 is 5.97 Å². The van der Waals surface area contributed by atoms with Gasteiger partial charge in [-0.2, -0.15) is 0 Å². The Bertz CT molecular complexity index is 1310. The molecular formula is C25H18Cl2FNO3. The molecule has 162 valence electrons. The second-order valence-electron chi connectivity index (χ2n) is 7.14. The zero-order valence-corrected chi connectivity index (χ0v) is 18.3. The number of anilines is 1. The second-order valence-corrected chi connectivity index (χ2v) is 7.96. The van der Waals surface area contributed by atoms with Gasteiger partial charge in [0.2, 0.25) is 0 Å². The molecule has 4 nitrogen and oxygen atoms in total. The molecule has 0 aliphatic heterocycles. The number of aromatic carboxylic acids is 1. The minimum Gasteiger partial charge on any atom is -0.488 e. The first-order valence-electron chi connectivity index (χ1n) is 9.76. The Labute approximate surface area is 194 Å². The molecule has 0 heterocycles. The van der Waals surface area contributed by atoms with Crippen molar-refractivity contribution < 1.29 is 19.0 Å². The first kappa shape index (κ1) is 21.9. The normalized spacial score (nSPS) is 10.8. The van der Waals surface area contributed by atoms with E-state index >= 15 is 0 Å². The van der Waals surface area contributed by atoms with Gasteiger partial charge in [0.1, 0.15) is 18.2 Å². The van der Waals surface area contributed by atoms with Crippen molar-refractivity contribution in [1.29, 1.82) is 0 Å². The van der Waals surface area contributed by atoms with Crippen LogP contribution in [0.3, 0.4) is 0 Å². The molecule has 0 unspecified atom stereocenters. The Kier molecular flexibility index (Phi) is 6.49. The molecule has 0 saturated heterocycles. The van der Waals surface area contributed by atoms with Crippen molar-refractivity contribution in [2.24, 2.45) is 0 Å². The fraction of sp³-hybridized carbons (Fsp3) is 0.0800. The van der Waals surface area contributed by atoms with E-state index in [-0.39, 0.29) is 12.2 Å². The van der Waals surface area contributed by atoms with E-state index in [2.05, 4.69) is 5.32 Å². The number of fused-ring (bicyclic) bond motifs is 1. The summed E-state index contributed by atoms with van der Waals surface area (Å²) in [7, 11) is 0. The molecule has 0 aliphatic carbocycles. The third-order valence-corrected chi connectivity index (χ3v) is 5.75. The SMILES string of the molecule is O=C(O)c1ccc(Cl)c(NCc2c(OCc3ccc(F)cc3Cl)ccc3ccccc23)c1. The molecule has 0 bridgehead atoms. The number of benzene rings is 4. The highest BCUT2D eigenvalue weighted by Gasteiger charge is 2.13. The van der Waals surface area contributed by atoms with E-state index < -0.39 is 11.8 Å². The molecule has 0 spiro atoms. The molecule has 0 atom stereocenters. The van der Waals surface area contributed by atoms with Crippen molar-refractivity contribution in [3.05, 3.63) is 105 Å². The van der Waals surface area contributed by atoms with Gasteiger partial charge in [0.15, 0.2) is 0 Å². The lowest BCUT2D eigenvalue weighted by Gasteiger charge is -2.17. The summed E-state index contributed by atoms with van der Waals surface area (Å²) in [6.45, 7) is 0.510. The number of halogens is 3. The zero-order chi connectivity index (χ0) is 22.7. The van der Waals surface area contributed by atoms with Crippen LogP contribution in [0.2, 0.25) is 10.0 Å². The maximum Gasteiger partial charge on any atom is 0.335 e. The predicted octanol–water partition coefficient (Wildman–Crippen LogP) is 7.18. The van der Waals surface area contributed by atoms with Crippen molar-refractivity contribution in [3.63, 3.8) is 0 Å². The topological polar surface area (TPSA) is 58.6 Å². The molecule has 4 aromatic rings. The first-order valence-corrected chi connectivity index (χ1v) is 10.5. The summed E-state index contributed by atoms with van der Waals surface area (Å²) in [5, 5.41) is 15.2. The van der Waals surface area contributed by atoms with Gasteiger partial charge in [0.05, 0.1) is 21.3 Å². The molecular weight excluding hydrogens is 452 g/mol. The molecule has 4 aromatic carbocycles. The van der Waals surface area contributed by atoms with Crippen molar-refractivity contribution >= 4 is 45.6 Å². The smallest absolute Gasteiger partial charge is 0.335 e. The van der Waals surface area contributed by atoms with E-state index in [1.807, 2.05) is 36.4 Å². The third kappa shape index (κ3) is 4.79. The Hall–Kier alpha value is -3.28. The Morgan fingerprint density at radius 3 is 2.56 bits per heavy atom. The Balaban J connectivity index is 1.65. The summed E-state index contributed by atoms with van der Waals surface area (Å²) in [5.41, 5.74) is 2.18. The minimum atomic E-state index is -1.03. The van der Waals surface area contributed by atoms with E-state index in [1.54, 1.807) is 12.1 Å². The summed E-state index contributed by atoms with van der Waals surface area (Å²) in [6, 6.07) is 20.4. The van der Waals surface area contributed by atoms with Crippen LogP contribution in [-0.4, -0.2) is 11.1 Å². The highest BCUT2D eigenvalue weighted by Crippen LogP contribution is 2.32. The average Bonchev–Trinajstić information content (AvgIpc) is 2.78. The highest BCUT2D eigenvalue weighted by molar-refractivity contribution is 6.33. The van der Waals surface area contributed by atoms with Gasteiger partial charge in [-0.3, -0.25) is 0 Å². The number of ether oxygens (including phenoxy) is 1. The first-order chi connectivity index (χ1) is 15.4. The van der Waals surface area contributed by atoms with Gasteiger partial charge in [-0.05, 0) is 47.2 Å². The number of carboxylic acids is 1. The van der Waals surface area contributed by atoms with Gasteiger partial charge in [0.25, 0.3) is 0 Å². The monoisotopic (exact) mass is 469 g/mol. The quantitative estimate of drug-likeness (QED) is 0.301. The lowest BCUT2D eigenvalue weighted by molar-refractivity contribution is 0.0697. The van der Waals surface area contributed by atoms with Crippen LogP contribution in [-0.2, 0) is 13.2 Å². The number of carboxylic acid groups (broad SMARTS) is 1. The van der Waals surface area contributed by atoms with Crippen LogP contribution in [0.4, 0.5) is 10.1 Å². The largest absolute Gasteiger partial charge is 0.488 e. The van der Waals surface area contributed by atoms with Gasteiger partial charge in [-0.15, -0.1) is 0 Å². The molecule has 7 heteroatoms. The van der Waals surface area contributed by atoms with Gasteiger partial charge in [0, 0.05) is 17.7 Å². The molecule has 0 fully saturated rings. The lowest BCUT2D eigenvalue weighted by Crippen LogP contribution is -2.06. The van der Waals surface area contributed by atoms with Crippen molar-refractivity contribution in [2.75, 3.05) is 5.32 Å². The fourth-order valence-electron chi connectivity index (χ4n) is 3.41. The molecule has 2 N–H and O–H groups in total. The van der Waals surface area contributed by atoms with Crippen LogP contribution in [0.15, 0.2) is 72.8 Å². The van der Waals surface area contributed by atoms with Gasteiger partial charge in [-0.1, -0.05) is 59.6 Å². The summed E-state index contributed by atoms with van der Waals surface area (Å²) < 4.78 is 19.4. The lowest BCUT2D eigenvalue weighted by atomic mass is 10.0. The molecule has 0 aromatic heterocycles. The van der Waals surface area contributed by atoms with Crippen LogP contribution in [0, 0.1) is 5.82 Å². The van der Waals surface area contributed by atoms with Crippen molar-refractivity contribution in [1.82, 2.24) is 0 Å². The van der Waals surface area contributed by atoms with Crippen molar-refractivity contribution in [3.8, 4) is 5.75 Å². The van der Waals surface area contributed by atoms with E-state index in [9.17, 15) is 14.3 Å². The van der Waals surface area contributed by atoms with Crippen LogP contribution >= 0.6 is 23.2 Å². The highest BCUT2D eigenvalue weighted by atomic mass is 35.5. The summed E-state index contributed by atoms with van der Waals surface area (Å²) >= 11 is 12.4. The van der Waals surface area contributed by atoms with Crippen LogP contribution < -0.4 is 10.1 Å². The van der Waals surface area contributed by atoms with E-state index in [4.69, 9.17) is 27.9 Å². The fourth-order valence-corrected chi connectivity index (χ4v) is 3.81. The number of rotatable bonds is 7. The van der Waals surface area contributed by atoms with Crippen LogP contribution in [0.1, 0.15) is 21.5 Å². The third-order valence-electron chi connectivity index (χ3n) is 5.06. The maximum atomic E-state index is 13.3. The zero-order valence-electron chi connectivity index (χ0n) is 16.7. The molecule has 0 radical (unpaired) electrons. The Morgan fingerprint density at radius 1 is 0.969 bits per heavy atom. The van der Waals surface area contributed by atoms with Crippen LogP contribution in [0.25, 0.3) is 10.8 Å².